The predicted molar refractivity (Wildman–Crippen MR) is 257 cm³/mol. The van der Waals surface area contributed by atoms with Crippen molar-refractivity contribution in [1.82, 2.24) is 24.1 Å². The third-order valence-corrected chi connectivity index (χ3v) is 12.7. The van der Waals surface area contributed by atoms with E-state index in [4.69, 9.17) is 19.4 Å². The van der Waals surface area contributed by atoms with Crippen molar-refractivity contribution in [3.05, 3.63) is 211 Å². The molecule has 0 saturated carbocycles. The van der Waals surface area contributed by atoms with Gasteiger partial charge in [-0.1, -0.05) is 146 Å². The van der Waals surface area contributed by atoms with Crippen LogP contribution in [0.25, 0.3) is 112 Å². The van der Waals surface area contributed by atoms with E-state index in [0.717, 1.165) is 57.2 Å². The summed E-state index contributed by atoms with van der Waals surface area (Å²) in [4.78, 5) is 15.2. The van der Waals surface area contributed by atoms with Crippen LogP contribution in [0.3, 0.4) is 0 Å². The fourth-order valence-electron chi connectivity index (χ4n) is 9.88. The molecule has 0 bridgehead atoms. The van der Waals surface area contributed by atoms with Gasteiger partial charge in [0.05, 0.1) is 16.6 Å². The SMILES string of the molecule is C1=C(c2ccc3oc4cccc(-c5nc(-c6ccccc6)nc(-c6ccccc6)n5)c4c3c2)CCc2c1c1ccc3c4ccccc4n(-c4ccccc4)c3c1n2-c1ccccc1. The van der Waals surface area contributed by atoms with Crippen LogP contribution in [-0.2, 0) is 6.42 Å². The average Bonchev–Trinajstić information content (AvgIpc) is 4.02. The molecular weight excluding hydrogens is 771 g/mol. The van der Waals surface area contributed by atoms with Gasteiger partial charge >= 0.3 is 0 Å². The minimum Gasteiger partial charge on any atom is -0.456 e. The highest BCUT2D eigenvalue weighted by Gasteiger charge is 2.27. The van der Waals surface area contributed by atoms with Gasteiger partial charge in [0, 0.05) is 66.3 Å². The highest BCUT2D eigenvalue weighted by Crippen LogP contribution is 2.45. The maximum absolute atomic E-state index is 6.57. The van der Waals surface area contributed by atoms with Crippen molar-refractivity contribution in [1.29, 1.82) is 0 Å². The molecule has 0 spiro atoms. The number of fused-ring (bicyclic) bond motifs is 10. The van der Waals surface area contributed by atoms with E-state index in [1.165, 1.54) is 60.8 Å². The first-order valence-corrected chi connectivity index (χ1v) is 21.5. The lowest BCUT2D eigenvalue weighted by molar-refractivity contribution is 0.669. The Hall–Kier alpha value is -8.35. The maximum Gasteiger partial charge on any atom is 0.164 e. The van der Waals surface area contributed by atoms with Gasteiger partial charge in [-0.3, -0.25) is 0 Å². The fourth-order valence-corrected chi connectivity index (χ4v) is 9.88. The molecule has 0 radical (unpaired) electrons. The lowest BCUT2D eigenvalue weighted by Crippen LogP contribution is -2.05. The summed E-state index contributed by atoms with van der Waals surface area (Å²) < 4.78 is 11.6. The molecule has 0 saturated heterocycles. The van der Waals surface area contributed by atoms with Crippen LogP contribution in [0.2, 0.25) is 0 Å². The van der Waals surface area contributed by atoms with Gasteiger partial charge in [0.2, 0.25) is 0 Å². The molecule has 1 aliphatic carbocycles. The third kappa shape index (κ3) is 5.62. The molecule has 13 rings (SSSR count). The number of furan rings is 1. The van der Waals surface area contributed by atoms with E-state index in [9.17, 15) is 0 Å². The van der Waals surface area contributed by atoms with Crippen molar-refractivity contribution < 1.29 is 4.42 Å². The minimum atomic E-state index is 0.607. The van der Waals surface area contributed by atoms with Gasteiger partial charge in [-0.25, -0.2) is 15.0 Å². The van der Waals surface area contributed by atoms with Gasteiger partial charge in [-0.2, -0.15) is 0 Å². The monoisotopic (exact) mass is 807 g/mol. The van der Waals surface area contributed by atoms with Crippen LogP contribution in [0.5, 0.6) is 0 Å². The summed E-state index contributed by atoms with van der Waals surface area (Å²) in [5.74, 6) is 1.87. The van der Waals surface area contributed by atoms with Crippen LogP contribution in [-0.4, -0.2) is 24.1 Å². The van der Waals surface area contributed by atoms with E-state index in [-0.39, 0.29) is 0 Å². The van der Waals surface area contributed by atoms with Gasteiger partial charge in [0.1, 0.15) is 11.2 Å². The molecule has 1 aliphatic rings. The standard InChI is InChI=1S/C57H37N5O/c1-5-16-36(17-6-1)55-58-56(37-18-7-2-8-19-37)60-57(59-55)45-25-15-27-51-52(45)47-35-39(29-33-50(47)63-51)38-28-32-49-46(34-38)44-31-30-43-42-24-13-14-26-48(42)61(40-20-9-3-10-21-40)53(43)54(44)62(49)41-22-11-4-12-23-41/h1-27,29-31,33-35H,28,32H2. The van der Waals surface area contributed by atoms with Crippen LogP contribution in [0.1, 0.15) is 23.2 Å². The summed E-state index contributed by atoms with van der Waals surface area (Å²) in [7, 11) is 0. The Balaban J connectivity index is 1.02. The summed E-state index contributed by atoms with van der Waals surface area (Å²) in [6.45, 7) is 0. The lowest BCUT2D eigenvalue weighted by atomic mass is 9.90. The molecule has 296 valence electrons. The second-order valence-electron chi connectivity index (χ2n) is 16.3. The number of para-hydroxylation sites is 3. The first kappa shape index (κ1) is 35.4. The van der Waals surface area contributed by atoms with Gasteiger partial charge in [0.15, 0.2) is 17.5 Å². The largest absolute Gasteiger partial charge is 0.456 e. The Morgan fingerprint density at radius 1 is 0.413 bits per heavy atom. The number of hydrogen-bond donors (Lipinski definition) is 0. The summed E-state index contributed by atoms with van der Waals surface area (Å²) in [5, 5.41) is 5.77. The molecule has 6 nitrogen and oxygen atoms in total. The van der Waals surface area contributed by atoms with E-state index < -0.39 is 0 Å². The molecule has 6 heteroatoms. The molecule has 4 heterocycles. The highest BCUT2D eigenvalue weighted by atomic mass is 16.3. The molecule has 8 aromatic carbocycles. The smallest absolute Gasteiger partial charge is 0.164 e. The van der Waals surface area contributed by atoms with Crippen LogP contribution in [0.4, 0.5) is 0 Å². The molecule has 0 aliphatic heterocycles. The molecule has 4 aromatic heterocycles. The van der Waals surface area contributed by atoms with E-state index in [0.29, 0.717) is 17.5 Å². The Morgan fingerprint density at radius 3 is 1.73 bits per heavy atom. The Kier molecular flexibility index (Phi) is 7.93. The van der Waals surface area contributed by atoms with E-state index in [1.807, 2.05) is 72.8 Å². The molecule has 0 atom stereocenters. The molecule has 0 unspecified atom stereocenters. The predicted octanol–water partition coefficient (Wildman–Crippen LogP) is 14.3. The van der Waals surface area contributed by atoms with Gasteiger partial charge in [0.25, 0.3) is 0 Å². The number of benzene rings is 8. The average molecular weight is 808 g/mol. The van der Waals surface area contributed by atoms with Gasteiger partial charge < -0.3 is 13.6 Å². The molecule has 63 heavy (non-hydrogen) atoms. The molecular formula is C57H37N5O. The first-order chi connectivity index (χ1) is 31.2. The first-order valence-electron chi connectivity index (χ1n) is 21.5. The fraction of sp³-hybridized carbons (Fsp3) is 0.0351. The zero-order chi connectivity index (χ0) is 41.4. The Morgan fingerprint density at radius 2 is 1.02 bits per heavy atom. The number of aromatic nitrogens is 5. The van der Waals surface area contributed by atoms with E-state index in [2.05, 4.69) is 137 Å². The quantitative estimate of drug-likeness (QED) is 0.168. The normalized spacial score (nSPS) is 12.7. The zero-order valence-corrected chi connectivity index (χ0v) is 34.1. The summed E-state index contributed by atoms with van der Waals surface area (Å²) >= 11 is 0. The Labute approximate surface area is 362 Å². The molecule has 12 aromatic rings. The van der Waals surface area contributed by atoms with Crippen molar-refractivity contribution in [2.45, 2.75) is 12.8 Å². The van der Waals surface area contributed by atoms with Crippen LogP contribution >= 0.6 is 0 Å². The summed E-state index contributed by atoms with van der Waals surface area (Å²) in [6, 6.07) is 68.1. The van der Waals surface area contributed by atoms with Crippen LogP contribution < -0.4 is 0 Å². The van der Waals surface area contributed by atoms with Gasteiger partial charge in [-0.15, -0.1) is 0 Å². The van der Waals surface area contributed by atoms with Crippen LogP contribution in [0.15, 0.2) is 199 Å². The van der Waals surface area contributed by atoms with Crippen molar-refractivity contribution in [2.24, 2.45) is 0 Å². The minimum absolute atomic E-state index is 0.607. The second kappa shape index (κ2) is 14.1. The number of nitrogens with zero attached hydrogens (tertiary/aromatic N) is 5. The zero-order valence-electron chi connectivity index (χ0n) is 34.1. The third-order valence-electron chi connectivity index (χ3n) is 12.7. The van der Waals surface area contributed by atoms with Crippen molar-refractivity contribution in [3.63, 3.8) is 0 Å². The highest BCUT2D eigenvalue weighted by molar-refractivity contribution is 6.20. The van der Waals surface area contributed by atoms with E-state index >= 15 is 0 Å². The van der Waals surface area contributed by atoms with Crippen molar-refractivity contribution >= 4 is 66.3 Å². The van der Waals surface area contributed by atoms with Crippen LogP contribution in [0, 0.1) is 0 Å². The lowest BCUT2D eigenvalue weighted by Gasteiger charge is -2.18. The summed E-state index contributed by atoms with van der Waals surface area (Å²) in [5.41, 5.74) is 15.4. The number of allylic oxidation sites excluding steroid dienone is 1. The summed E-state index contributed by atoms with van der Waals surface area (Å²) in [6.07, 6.45) is 4.22. The number of hydrogen-bond acceptors (Lipinski definition) is 4. The maximum atomic E-state index is 6.57. The topological polar surface area (TPSA) is 61.7 Å². The Bertz CT molecular complexity index is 3710. The van der Waals surface area contributed by atoms with E-state index in [1.54, 1.807) is 0 Å². The number of rotatable bonds is 6. The molecule has 0 fully saturated rings. The molecule has 0 amide bonds. The molecule has 0 N–H and O–H groups in total. The second-order valence-corrected chi connectivity index (χ2v) is 16.3. The van der Waals surface area contributed by atoms with Gasteiger partial charge in [-0.05, 0) is 78.6 Å². The van der Waals surface area contributed by atoms with Crippen molar-refractivity contribution in [2.75, 3.05) is 0 Å². The van der Waals surface area contributed by atoms with Crippen molar-refractivity contribution in [3.8, 4) is 45.5 Å².